The minimum absolute atomic E-state index is 0.00916. The maximum Gasteiger partial charge on any atom is 0.256 e. The summed E-state index contributed by atoms with van der Waals surface area (Å²) < 4.78 is 14.2. The molecule has 7 nitrogen and oxygen atoms in total. The van der Waals surface area contributed by atoms with Gasteiger partial charge in [-0.15, -0.1) is 0 Å². The quantitative estimate of drug-likeness (QED) is 0.664. The summed E-state index contributed by atoms with van der Waals surface area (Å²) in [7, 11) is 0. The molecule has 4 rings (SSSR count). The van der Waals surface area contributed by atoms with Crippen LogP contribution in [0.25, 0.3) is 0 Å². The van der Waals surface area contributed by atoms with Crippen LogP contribution in [0.1, 0.15) is 28.3 Å². The Kier molecular flexibility index (Phi) is 5.44. The molecule has 9 heteroatoms. The number of aromatic amines is 1. The Bertz CT molecular complexity index is 1040. The van der Waals surface area contributed by atoms with Crippen LogP contribution in [0.15, 0.2) is 36.5 Å². The largest absolute Gasteiger partial charge is 0.338 e. The van der Waals surface area contributed by atoms with Crippen LogP contribution in [0.3, 0.4) is 0 Å². The van der Waals surface area contributed by atoms with Crippen molar-refractivity contribution < 1.29 is 9.18 Å². The summed E-state index contributed by atoms with van der Waals surface area (Å²) in [6.45, 7) is 3.02. The average molecular weight is 415 g/mol. The van der Waals surface area contributed by atoms with Gasteiger partial charge >= 0.3 is 0 Å². The van der Waals surface area contributed by atoms with Gasteiger partial charge in [0.15, 0.2) is 11.6 Å². The van der Waals surface area contributed by atoms with E-state index in [2.05, 4.69) is 25.5 Å². The van der Waals surface area contributed by atoms with Crippen molar-refractivity contribution in [1.82, 2.24) is 25.1 Å². The van der Waals surface area contributed by atoms with Gasteiger partial charge < -0.3 is 10.2 Å². The Morgan fingerprint density at radius 1 is 1.38 bits per heavy atom. The number of likely N-dealkylation sites (tertiary alicyclic amines) is 1. The number of hydrogen-bond donors (Lipinski definition) is 2. The van der Waals surface area contributed by atoms with Crippen molar-refractivity contribution in [1.29, 1.82) is 0 Å². The number of anilines is 2. The second-order valence-corrected chi connectivity index (χ2v) is 7.54. The van der Waals surface area contributed by atoms with E-state index < -0.39 is 5.82 Å². The first kappa shape index (κ1) is 19.3. The predicted molar refractivity (Wildman–Crippen MR) is 108 cm³/mol. The molecule has 0 radical (unpaired) electrons. The van der Waals surface area contributed by atoms with Crippen LogP contribution in [0.2, 0.25) is 5.02 Å². The molecule has 0 spiro atoms. The van der Waals surface area contributed by atoms with Gasteiger partial charge in [-0.1, -0.05) is 17.7 Å². The fourth-order valence-corrected chi connectivity index (χ4v) is 3.64. The number of H-pyrrole nitrogens is 1. The minimum atomic E-state index is -0.668. The number of halogens is 2. The molecule has 1 saturated heterocycles. The molecule has 0 aliphatic carbocycles. The van der Waals surface area contributed by atoms with E-state index in [4.69, 9.17) is 11.6 Å². The number of aryl methyl sites for hydroxylation is 1. The van der Waals surface area contributed by atoms with Crippen molar-refractivity contribution in [3.05, 3.63) is 64.5 Å². The van der Waals surface area contributed by atoms with Crippen molar-refractivity contribution in [2.24, 2.45) is 5.92 Å². The van der Waals surface area contributed by atoms with Crippen molar-refractivity contribution in [2.45, 2.75) is 19.8 Å². The summed E-state index contributed by atoms with van der Waals surface area (Å²) in [5, 5.41) is 10.1. The van der Waals surface area contributed by atoms with Crippen LogP contribution >= 0.6 is 11.6 Å². The summed E-state index contributed by atoms with van der Waals surface area (Å²) >= 11 is 5.80. The molecule has 1 fully saturated rings. The molecule has 1 aromatic carbocycles. The summed E-state index contributed by atoms with van der Waals surface area (Å²) in [6.07, 6.45) is 3.15. The molecule has 1 amide bonds. The van der Waals surface area contributed by atoms with Gasteiger partial charge in [-0.2, -0.15) is 5.10 Å². The maximum absolute atomic E-state index is 14.2. The highest BCUT2D eigenvalue weighted by Crippen LogP contribution is 2.25. The summed E-state index contributed by atoms with van der Waals surface area (Å²) in [4.78, 5) is 23.2. The number of nitrogens with one attached hydrogen (secondary N) is 2. The Morgan fingerprint density at radius 2 is 2.24 bits per heavy atom. The first-order valence-electron chi connectivity index (χ1n) is 9.34. The van der Waals surface area contributed by atoms with Crippen LogP contribution in [0.5, 0.6) is 0 Å². The third-order valence-electron chi connectivity index (χ3n) is 4.89. The van der Waals surface area contributed by atoms with E-state index in [0.717, 1.165) is 12.1 Å². The molecule has 3 aromatic rings. The molecule has 3 heterocycles. The molecule has 29 heavy (non-hydrogen) atoms. The highest BCUT2D eigenvalue weighted by atomic mass is 35.5. The molecular formula is C20H20ClFN6O. The monoisotopic (exact) mass is 414 g/mol. The van der Waals surface area contributed by atoms with Gasteiger partial charge in [0.25, 0.3) is 5.91 Å². The number of carbonyl (C=O) groups is 1. The van der Waals surface area contributed by atoms with Crippen molar-refractivity contribution in [3.8, 4) is 0 Å². The van der Waals surface area contributed by atoms with E-state index in [1.807, 2.05) is 13.0 Å². The van der Waals surface area contributed by atoms with Gasteiger partial charge in [0.05, 0.1) is 10.6 Å². The fraction of sp³-hybridized carbons (Fsp3) is 0.300. The number of hydrogen-bond acceptors (Lipinski definition) is 5. The molecule has 150 valence electrons. The molecule has 2 aromatic heterocycles. The maximum atomic E-state index is 14.2. The van der Waals surface area contributed by atoms with E-state index in [1.165, 1.54) is 12.1 Å². The highest BCUT2D eigenvalue weighted by Gasteiger charge is 2.29. The van der Waals surface area contributed by atoms with Crippen LogP contribution in [0, 0.1) is 18.7 Å². The van der Waals surface area contributed by atoms with Crippen molar-refractivity contribution in [2.75, 3.05) is 18.4 Å². The van der Waals surface area contributed by atoms with Gasteiger partial charge in [-0.05, 0) is 37.5 Å². The van der Waals surface area contributed by atoms with E-state index in [-0.39, 0.29) is 22.4 Å². The predicted octanol–water partition coefficient (Wildman–Crippen LogP) is 3.75. The van der Waals surface area contributed by atoms with E-state index >= 15 is 0 Å². The van der Waals surface area contributed by atoms with Gasteiger partial charge in [0, 0.05) is 37.5 Å². The first-order chi connectivity index (χ1) is 14.0. The molecule has 2 N–H and O–H groups in total. The van der Waals surface area contributed by atoms with Crippen LogP contribution < -0.4 is 5.32 Å². The van der Waals surface area contributed by atoms with Gasteiger partial charge in [-0.3, -0.25) is 9.89 Å². The average Bonchev–Trinajstić information content (AvgIpc) is 3.33. The topological polar surface area (TPSA) is 86.8 Å². The standard InChI is InChI=1S/C20H20ClFN6O/c1-12-9-18(27-26-12)25-16-5-7-23-17(24-16)10-13-6-8-28(11-13)20(29)14-3-2-4-15(21)19(14)22/h2-5,7,9,13H,6,8,10-11H2,1H3,(H2,23,24,25,26,27)/t13-/m1/s1. The molecule has 0 unspecified atom stereocenters. The van der Waals surface area contributed by atoms with E-state index in [1.54, 1.807) is 23.2 Å². The second-order valence-electron chi connectivity index (χ2n) is 7.13. The Balaban J connectivity index is 1.39. The highest BCUT2D eigenvalue weighted by molar-refractivity contribution is 6.31. The summed E-state index contributed by atoms with van der Waals surface area (Å²) in [5.41, 5.74) is 0.962. The molecule has 0 bridgehead atoms. The van der Waals surface area contributed by atoms with Crippen LogP contribution in [-0.2, 0) is 6.42 Å². The molecule has 1 atom stereocenters. The Labute approximate surface area is 172 Å². The third-order valence-corrected chi connectivity index (χ3v) is 5.19. The number of amides is 1. The van der Waals surface area contributed by atoms with Gasteiger partial charge in [0.1, 0.15) is 11.6 Å². The van der Waals surface area contributed by atoms with Crippen LogP contribution in [0.4, 0.5) is 16.0 Å². The zero-order valence-corrected chi connectivity index (χ0v) is 16.6. The number of nitrogens with zero attached hydrogens (tertiary/aromatic N) is 4. The number of aromatic nitrogens is 4. The van der Waals surface area contributed by atoms with Crippen LogP contribution in [-0.4, -0.2) is 44.1 Å². The lowest BCUT2D eigenvalue weighted by Gasteiger charge is -2.17. The molecule has 1 aliphatic heterocycles. The molecule has 0 saturated carbocycles. The van der Waals surface area contributed by atoms with Gasteiger partial charge in [-0.25, -0.2) is 14.4 Å². The minimum Gasteiger partial charge on any atom is -0.338 e. The number of benzene rings is 1. The first-order valence-corrected chi connectivity index (χ1v) is 9.71. The lowest BCUT2D eigenvalue weighted by molar-refractivity contribution is 0.0782. The zero-order chi connectivity index (χ0) is 20.4. The van der Waals surface area contributed by atoms with E-state index in [0.29, 0.717) is 37.0 Å². The Morgan fingerprint density at radius 3 is 3.03 bits per heavy atom. The lowest BCUT2D eigenvalue weighted by Crippen LogP contribution is -2.29. The summed E-state index contributed by atoms with van der Waals surface area (Å²) in [5.74, 6) is 1.25. The molecular weight excluding hydrogens is 395 g/mol. The lowest BCUT2D eigenvalue weighted by atomic mass is 10.0. The normalized spacial score (nSPS) is 16.2. The van der Waals surface area contributed by atoms with Crippen molar-refractivity contribution >= 4 is 29.1 Å². The SMILES string of the molecule is Cc1cc(Nc2ccnc(C[C@H]3CCN(C(=O)c4cccc(Cl)c4F)C3)n2)n[nH]1. The van der Waals surface area contributed by atoms with Gasteiger partial charge in [0.2, 0.25) is 0 Å². The number of rotatable bonds is 5. The fourth-order valence-electron chi connectivity index (χ4n) is 3.46. The molecule has 1 aliphatic rings. The Hall–Kier alpha value is -3.00. The zero-order valence-electron chi connectivity index (χ0n) is 15.8. The number of carbonyl (C=O) groups excluding carboxylic acids is 1. The smallest absolute Gasteiger partial charge is 0.256 e. The third kappa shape index (κ3) is 4.37. The van der Waals surface area contributed by atoms with Crippen molar-refractivity contribution in [3.63, 3.8) is 0 Å². The summed E-state index contributed by atoms with van der Waals surface area (Å²) in [6, 6.07) is 8.14. The second kappa shape index (κ2) is 8.16. The van der Waals surface area contributed by atoms with E-state index in [9.17, 15) is 9.18 Å².